The van der Waals surface area contributed by atoms with Crippen LogP contribution in [0.2, 0.25) is 5.02 Å². The van der Waals surface area contributed by atoms with Crippen LogP contribution in [0.5, 0.6) is 0 Å². The maximum Gasteiger partial charge on any atom is 0.0696 e. The van der Waals surface area contributed by atoms with E-state index in [9.17, 15) is 0 Å². The van der Waals surface area contributed by atoms with Crippen LogP contribution in [0.25, 0.3) is 0 Å². The zero-order chi connectivity index (χ0) is 9.84. The minimum atomic E-state index is -0.195. The van der Waals surface area contributed by atoms with E-state index < -0.39 is 0 Å². The van der Waals surface area contributed by atoms with Crippen LogP contribution >= 0.6 is 11.6 Å². The number of rotatable bonds is 3. The summed E-state index contributed by atoms with van der Waals surface area (Å²) >= 11 is 5.84. The summed E-state index contributed by atoms with van der Waals surface area (Å²) in [6, 6.07) is 3.23. The summed E-state index contributed by atoms with van der Waals surface area (Å²) in [5.74, 6) is 0. The Bertz CT molecular complexity index is 274. The molecule has 0 fully saturated rings. The van der Waals surface area contributed by atoms with Gasteiger partial charge in [0.25, 0.3) is 0 Å². The third kappa shape index (κ3) is 2.19. The lowest BCUT2D eigenvalue weighted by Gasteiger charge is -2.08. The van der Waals surface area contributed by atoms with Crippen LogP contribution in [0.15, 0.2) is 12.1 Å². The molecule has 0 aliphatic carbocycles. The van der Waals surface area contributed by atoms with Gasteiger partial charge < -0.3 is 15.3 Å². The van der Waals surface area contributed by atoms with Crippen molar-refractivity contribution in [2.75, 3.05) is 0 Å². The van der Waals surface area contributed by atoms with Gasteiger partial charge in [-0.1, -0.05) is 11.6 Å². The van der Waals surface area contributed by atoms with E-state index in [0.29, 0.717) is 21.7 Å². The average molecular weight is 205 g/mol. The van der Waals surface area contributed by atoms with Gasteiger partial charge in [0.2, 0.25) is 0 Å². The summed E-state index contributed by atoms with van der Waals surface area (Å²) in [5.41, 5.74) is 1.69. The Labute approximate surface area is 81.2 Å². The zero-order valence-electron chi connectivity index (χ0n) is 7.00. The summed E-state index contributed by atoms with van der Waals surface area (Å²) in [6.45, 7) is -0.517. The van der Waals surface area contributed by atoms with Gasteiger partial charge in [-0.15, -0.1) is 0 Å². The fourth-order valence-electron chi connectivity index (χ4n) is 1.14. The molecule has 4 heteroatoms. The van der Waals surface area contributed by atoms with Crippen LogP contribution in [0.1, 0.15) is 16.7 Å². The highest BCUT2D eigenvalue weighted by Gasteiger charge is 2.07. The van der Waals surface area contributed by atoms with Crippen molar-refractivity contribution in [2.24, 2.45) is 0 Å². The normalized spacial score (nSPS) is 10.5. The second-order valence-corrected chi connectivity index (χ2v) is 3.08. The van der Waals surface area contributed by atoms with Gasteiger partial charge in [0, 0.05) is 0 Å². The topological polar surface area (TPSA) is 60.7 Å². The van der Waals surface area contributed by atoms with Crippen LogP contribution in [-0.2, 0) is 19.8 Å². The van der Waals surface area contributed by atoms with E-state index in [1.165, 1.54) is 0 Å². The highest BCUT2D eigenvalue weighted by atomic mass is 35.5. The maximum absolute atomic E-state index is 8.91. The number of hydrogen-bond acceptors (Lipinski definition) is 3. The molecule has 0 radical (unpaired) electrons. The van der Waals surface area contributed by atoms with Crippen LogP contribution in [0.3, 0.4) is 0 Å². The van der Waals surface area contributed by atoms with Crippen molar-refractivity contribution in [3.63, 3.8) is 0 Å². The third-order valence-electron chi connectivity index (χ3n) is 1.81. The molecule has 1 aromatic rings. The summed E-state index contributed by atoms with van der Waals surface area (Å²) in [7, 11) is 0. The largest absolute Gasteiger partial charge is 0.392 e. The van der Waals surface area contributed by atoms with Gasteiger partial charge in [-0.05, 0) is 28.8 Å². The molecule has 0 aromatic heterocycles. The Morgan fingerprint density at radius 3 is 1.69 bits per heavy atom. The standard InChI is InChI=1S/C9H11ClO3/c10-9-7(4-12)1-6(3-11)2-8(9)5-13/h1-2,11-13H,3-5H2/i7+1,8+1. The number of hydrogen-bond donors (Lipinski definition) is 3. The lowest BCUT2D eigenvalue weighted by atomic mass is 10.3. The predicted octanol–water partition coefficient (Wildman–Crippen LogP) is 0.817. The van der Waals surface area contributed by atoms with E-state index in [4.69, 9.17) is 26.9 Å². The van der Waals surface area contributed by atoms with Crippen molar-refractivity contribution in [1.82, 2.24) is 0 Å². The first-order valence-corrected chi connectivity index (χ1v) is 4.23. The maximum atomic E-state index is 8.91. The molecule has 0 atom stereocenters. The number of halogens is 1. The molecule has 3 nitrogen and oxygen atoms in total. The third-order valence-corrected chi connectivity index (χ3v) is 2.29. The SMILES string of the molecule is OCc1c[13c](CO)c(Cl)[13c](CO)c1. The summed E-state index contributed by atoms with van der Waals surface area (Å²) in [6.07, 6.45) is 0. The molecule has 0 spiro atoms. The van der Waals surface area contributed by atoms with E-state index in [2.05, 4.69) is 0 Å². The molecular formula is C9H11ClO3. The quantitative estimate of drug-likeness (QED) is 0.683. The highest BCUT2D eigenvalue weighted by Crippen LogP contribution is 2.23. The van der Waals surface area contributed by atoms with E-state index in [1.54, 1.807) is 12.1 Å². The van der Waals surface area contributed by atoms with Gasteiger partial charge in [-0.2, -0.15) is 0 Å². The molecule has 0 unspecified atom stereocenters. The van der Waals surface area contributed by atoms with Gasteiger partial charge in [0.1, 0.15) is 0 Å². The molecule has 0 bridgehead atoms. The summed E-state index contributed by atoms with van der Waals surface area (Å²) in [4.78, 5) is 0. The Morgan fingerprint density at radius 1 is 0.923 bits per heavy atom. The number of benzene rings is 1. The van der Waals surface area contributed by atoms with E-state index in [0.717, 1.165) is 0 Å². The molecule has 1 rings (SSSR count). The van der Waals surface area contributed by atoms with Gasteiger partial charge in [-0.25, -0.2) is 0 Å². The molecule has 0 aliphatic rings. The fourth-order valence-corrected chi connectivity index (χ4v) is 1.37. The zero-order valence-corrected chi connectivity index (χ0v) is 7.75. The molecule has 0 amide bonds. The molecular weight excluding hydrogens is 194 g/mol. The van der Waals surface area contributed by atoms with Crippen molar-refractivity contribution in [3.8, 4) is 0 Å². The minimum Gasteiger partial charge on any atom is -0.392 e. The Kier molecular flexibility index (Phi) is 3.69. The molecule has 0 heterocycles. The van der Waals surface area contributed by atoms with Crippen molar-refractivity contribution in [1.29, 1.82) is 0 Å². The minimum absolute atomic E-state index is 0.128. The van der Waals surface area contributed by atoms with E-state index >= 15 is 0 Å². The lowest BCUT2D eigenvalue weighted by molar-refractivity contribution is 0.269. The van der Waals surface area contributed by atoms with Crippen LogP contribution in [0.4, 0.5) is 0 Å². The van der Waals surface area contributed by atoms with E-state index in [-0.39, 0.29) is 19.8 Å². The molecule has 0 aliphatic heterocycles. The lowest BCUT2D eigenvalue weighted by Crippen LogP contribution is -1.96. The van der Waals surface area contributed by atoms with Crippen LogP contribution in [0, 0.1) is 0 Å². The molecule has 0 saturated carbocycles. The fraction of sp³-hybridized carbons (Fsp3) is 0.333. The van der Waals surface area contributed by atoms with Crippen molar-refractivity contribution in [2.45, 2.75) is 19.8 Å². The van der Waals surface area contributed by atoms with Crippen molar-refractivity contribution >= 4 is 11.6 Å². The summed E-state index contributed by atoms with van der Waals surface area (Å²) < 4.78 is 0. The number of aliphatic hydroxyl groups excluding tert-OH is 3. The first-order valence-electron chi connectivity index (χ1n) is 3.85. The van der Waals surface area contributed by atoms with Gasteiger partial charge in [0.15, 0.2) is 0 Å². The molecule has 0 saturated heterocycles. The smallest absolute Gasteiger partial charge is 0.0696 e. The van der Waals surface area contributed by atoms with E-state index in [1.807, 2.05) is 0 Å². The Balaban J connectivity index is 3.20. The molecule has 1 aromatic carbocycles. The number of aliphatic hydroxyl groups is 3. The van der Waals surface area contributed by atoms with Crippen LogP contribution < -0.4 is 0 Å². The van der Waals surface area contributed by atoms with Gasteiger partial charge >= 0.3 is 0 Å². The predicted molar refractivity (Wildman–Crippen MR) is 49.2 cm³/mol. The van der Waals surface area contributed by atoms with Crippen LogP contribution in [-0.4, -0.2) is 15.3 Å². The Hall–Kier alpha value is -0.610. The molecule has 72 valence electrons. The second kappa shape index (κ2) is 4.58. The Morgan fingerprint density at radius 2 is 1.38 bits per heavy atom. The first kappa shape index (κ1) is 10.5. The van der Waals surface area contributed by atoms with Crippen molar-refractivity contribution < 1.29 is 15.3 Å². The molecule has 13 heavy (non-hydrogen) atoms. The molecule has 3 N–H and O–H groups in total. The monoisotopic (exact) mass is 204 g/mol. The average Bonchev–Trinajstić information content (AvgIpc) is 2.18. The highest BCUT2D eigenvalue weighted by molar-refractivity contribution is 6.32. The first-order chi connectivity index (χ1) is 6.22. The summed E-state index contributed by atoms with van der Waals surface area (Å²) in [5, 5.41) is 27.0. The van der Waals surface area contributed by atoms with Gasteiger partial charge in [0.05, 0.1) is 24.8 Å². The second-order valence-electron chi connectivity index (χ2n) is 2.70. The van der Waals surface area contributed by atoms with Gasteiger partial charge in [-0.3, -0.25) is 0 Å². The van der Waals surface area contributed by atoms with Crippen molar-refractivity contribution in [3.05, 3.63) is 33.8 Å².